The summed E-state index contributed by atoms with van der Waals surface area (Å²) >= 11 is 7.62. The fourth-order valence-electron chi connectivity index (χ4n) is 8.01. The van der Waals surface area contributed by atoms with E-state index in [1.54, 1.807) is 6.07 Å². The summed E-state index contributed by atoms with van der Waals surface area (Å²) in [6.45, 7) is -0.0372. The first kappa shape index (κ1) is 38.6. The number of thiophene rings is 1. The van der Waals surface area contributed by atoms with Gasteiger partial charge in [-0.05, 0) is 88.5 Å². The van der Waals surface area contributed by atoms with Crippen LogP contribution in [0.5, 0.6) is 5.88 Å². The highest BCUT2D eigenvalue weighted by atomic mass is 35.5. The van der Waals surface area contributed by atoms with Crippen molar-refractivity contribution >= 4 is 67.8 Å². The second-order valence-corrected chi connectivity index (χ2v) is 19.1. The summed E-state index contributed by atoms with van der Waals surface area (Å²) in [6.07, 6.45) is 10.0. The third kappa shape index (κ3) is 8.37. The molecule has 56 heavy (non-hydrogen) atoms. The zero-order chi connectivity index (χ0) is 39.0. The number of allylic oxidation sites excluding steroid dienone is 1. The van der Waals surface area contributed by atoms with Gasteiger partial charge in [-0.3, -0.25) is 19.1 Å². The van der Waals surface area contributed by atoms with E-state index in [4.69, 9.17) is 31.0 Å². The van der Waals surface area contributed by atoms with Gasteiger partial charge in [0.1, 0.15) is 35.5 Å². The number of benzene rings is 1. The molecule has 2 aromatic heterocycles. The summed E-state index contributed by atoms with van der Waals surface area (Å²) in [5, 5.41) is 5.08. The maximum atomic E-state index is 14.6. The number of carbonyl (C=O) groups is 4. The number of alkyl carbamates (subject to hydrolysis) is 1. The molecule has 1 saturated heterocycles. The molecule has 3 aliphatic carbocycles. The molecule has 14 nitrogen and oxygen atoms in total. The van der Waals surface area contributed by atoms with Crippen LogP contribution in [0.3, 0.4) is 0 Å². The van der Waals surface area contributed by atoms with Crippen LogP contribution in [0.1, 0.15) is 83.5 Å². The zero-order valence-electron chi connectivity index (χ0n) is 30.8. The number of halogens is 1. The van der Waals surface area contributed by atoms with Gasteiger partial charge in [-0.15, -0.1) is 11.3 Å². The lowest BCUT2D eigenvalue weighted by molar-refractivity contribution is -0.141. The van der Waals surface area contributed by atoms with Crippen molar-refractivity contribution in [2.45, 2.75) is 119 Å². The third-order valence-corrected chi connectivity index (χ3v) is 14.4. The molecule has 4 amide bonds. The number of nitrogens with one attached hydrogen (secondary N) is 3. The summed E-state index contributed by atoms with van der Waals surface area (Å²) in [5.41, 5.74) is 0.172. The fourth-order valence-corrected chi connectivity index (χ4v) is 10.4. The smallest absolute Gasteiger partial charge is 0.408 e. The Morgan fingerprint density at radius 3 is 2.43 bits per heavy atom. The van der Waals surface area contributed by atoms with Gasteiger partial charge in [0, 0.05) is 12.3 Å². The minimum absolute atomic E-state index is 0.0224. The quantitative estimate of drug-likeness (QED) is 0.249. The van der Waals surface area contributed by atoms with Crippen molar-refractivity contribution < 1.29 is 37.1 Å². The van der Waals surface area contributed by atoms with Crippen molar-refractivity contribution in [3.8, 4) is 16.5 Å². The van der Waals surface area contributed by atoms with Crippen LogP contribution in [-0.2, 0) is 29.1 Å². The largest absolute Gasteiger partial charge is 0.471 e. The van der Waals surface area contributed by atoms with Crippen molar-refractivity contribution in [2.24, 2.45) is 5.92 Å². The van der Waals surface area contributed by atoms with Crippen LogP contribution in [0, 0.1) is 5.92 Å². The van der Waals surface area contributed by atoms with Crippen LogP contribution in [0.25, 0.3) is 21.6 Å². The molecular weight excluding hydrogens is 780 g/mol. The fraction of sp³-hybridized carbons (Fsp3) is 0.538. The SMILES string of the molecule is O=C(N[C@H]1CCCCC/C=C\[C@@H]2C[C@@]2(C(=O)NS(=O)(=O)C2CC2)NC(=O)[C@@H]2C[C@@H](Oc3nc4ccccc4nc3-c3ccc(Cl)s3)CN2C1=O)OC1CCCC1. The second kappa shape index (κ2) is 15.9. The van der Waals surface area contributed by atoms with Gasteiger partial charge in [0.15, 0.2) is 0 Å². The molecule has 8 rings (SSSR count). The van der Waals surface area contributed by atoms with Crippen LogP contribution >= 0.6 is 22.9 Å². The maximum absolute atomic E-state index is 14.6. The minimum atomic E-state index is -3.90. The number of rotatable bonds is 8. The Labute approximate surface area is 334 Å². The van der Waals surface area contributed by atoms with Crippen molar-refractivity contribution in [3.63, 3.8) is 0 Å². The van der Waals surface area contributed by atoms with Crippen LogP contribution in [0.4, 0.5) is 4.79 Å². The van der Waals surface area contributed by atoms with Crippen molar-refractivity contribution in [2.75, 3.05) is 6.54 Å². The van der Waals surface area contributed by atoms with Crippen LogP contribution in [-0.4, -0.2) is 88.7 Å². The first-order chi connectivity index (χ1) is 27.0. The topological polar surface area (TPSA) is 186 Å². The number of carbonyl (C=O) groups excluding carboxylic acids is 4. The first-order valence-corrected chi connectivity index (χ1v) is 22.2. The van der Waals surface area contributed by atoms with E-state index in [0.717, 1.165) is 43.4 Å². The third-order valence-electron chi connectivity index (χ3n) is 11.3. The Bertz CT molecular complexity index is 2150. The van der Waals surface area contributed by atoms with E-state index in [-0.39, 0.29) is 31.4 Å². The van der Waals surface area contributed by atoms with Crippen LogP contribution in [0.15, 0.2) is 48.6 Å². The van der Waals surface area contributed by atoms with Crippen molar-refractivity contribution in [3.05, 3.63) is 52.9 Å². The molecular formula is C39H45ClN6O8S2. The Hall–Kier alpha value is -4.28. The Balaban J connectivity index is 1.11. The molecule has 0 unspecified atom stereocenters. The second-order valence-electron chi connectivity index (χ2n) is 15.5. The average molecular weight is 825 g/mol. The van der Waals surface area contributed by atoms with Gasteiger partial charge in [-0.1, -0.05) is 48.7 Å². The van der Waals surface area contributed by atoms with E-state index in [9.17, 15) is 27.6 Å². The van der Waals surface area contributed by atoms with E-state index >= 15 is 0 Å². The van der Waals surface area contributed by atoms with E-state index in [1.165, 1.54) is 16.2 Å². The highest BCUT2D eigenvalue weighted by Gasteiger charge is 2.62. The van der Waals surface area contributed by atoms with Crippen LogP contribution in [0.2, 0.25) is 4.34 Å². The minimum Gasteiger partial charge on any atom is -0.471 e. The summed E-state index contributed by atoms with van der Waals surface area (Å²) in [7, 11) is -3.90. The highest BCUT2D eigenvalue weighted by molar-refractivity contribution is 7.91. The van der Waals surface area contributed by atoms with E-state index in [0.29, 0.717) is 53.2 Å². The number of fused-ring (bicyclic) bond motifs is 3. The number of nitrogens with zero attached hydrogens (tertiary/aromatic N) is 3. The van der Waals surface area contributed by atoms with Crippen molar-refractivity contribution in [1.82, 2.24) is 30.2 Å². The molecule has 0 radical (unpaired) electrons. The molecule has 1 aromatic carbocycles. The van der Waals surface area contributed by atoms with E-state index in [2.05, 4.69) is 15.4 Å². The van der Waals surface area contributed by atoms with E-state index in [1.807, 2.05) is 42.5 Å². The lowest BCUT2D eigenvalue weighted by Gasteiger charge is -2.30. The molecule has 4 fully saturated rings. The lowest BCUT2D eigenvalue weighted by atomic mass is 10.0. The molecule has 5 aliphatic rings. The first-order valence-electron chi connectivity index (χ1n) is 19.5. The Morgan fingerprint density at radius 2 is 1.70 bits per heavy atom. The summed E-state index contributed by atoms with van der Waals surface area (Å²) in [4.78, 5) is 67.8. The van der Waals surface area contributed by atoms with Crippen molar-refractivity contribution in [1.29, 1.82) is 0 Å². The highest BCUT2D eigenvalue weighted by Crippen LogP contribution is 2.46. The molecule has 0 spiro atoms. The van der Waals surface area contributed by atoms with Gasteiger partial charge >= 0.3 is 6.09 Å². The number of amides is 4. The van der Waals surface area contributed by atoms with Crippen LogP contribution < -0.4 is 20.1 Å². The van der Waals surface area contributed by atoms with Gasteiger partial charge < -0.3 is 25.0 Å². The number of hydrogen-bond acceptors (Lipinski definition) is 11. The summed E-state index contributed by atoms with van der Waals surface area (Å²) in [6, 6.07) is 8.81. The zero-order valence-corrected chi connectivity index (χ0v) is 33.2. The summed E-state index contributed by atoms with van der Waals surface area (Å²) < 4.78 is 40.8. The number of para-hydroxylation sites is 2. The molecule has 298 valence electrons. The number of aromatic nitrogens is 2. The number of sulfonamides is 1. The van der Waals surface area contributed by atoms with E-state index < -0.39 is 68.7 Å². The Kier molecular flexibility index (Phi) is 11.0. The molecule has 2 aliphatic heterocycles. The summed E-state index contributed by atoms with van der Waals surface area (Å²) in [5.74, 6) is -2.14. The molecule has 3 aromatic rings. The molecule has 4 heterocycles. The number of hydrogen-bond donors (Lipinski definition) is 3. The molecule has 3 saturated carbocycles. The van der Waals surface area contributed by atoms with Gasteiger partial charge in [0.2, 0.25) is 27.7 Å². The predicted octanol–water partition coefficient (Wildman–Crippen LogP) is 5.40. The molecule has 0 bridgehead atoms. The molecule has 17 heteroatoms. The van der Waals surface area contributed by atoms with Gasteiger partial charge in [-0.25, -0.2) is 23.2 Å². The predicted molar refractivity (Wildman–Crippen MR) is 209 cm³/mol. The standard InChI is InChI=1S/C39H45ClN6O8S2/c40-32-19-18-31(55-32)33-35(42-28-14-9-8-13-27(28)41-33)53-25-20-30-34(47)44-39(37(49)45-56(51,52)26-16-17-26)21-23(39)10-4-2-1-3-5-15-29(36(48)46(30)22-25)43-38(50)54-24-11-6-7-12-24/h4,8-10,13-14,18-19,23-26,29-30H,1-3,5-7,11-12,15-17,20-22H2,(H,43,50)(H,44,47)(H,45,49)/b10-4-/t23-,25-,29+,30+,39-/m1/s1. The van der Waals surface area contributed by atoms with Gasteiger partial charge in [0.25, 0.3) is 5.91 Å². The maximum Gasteiger partial charge on any atom is 0.408 e. The number of ether oxygens (including phenoxy) is 2. The molecule has 3 N–H and O–H groups in total. The lowest BCUT2D eigenvalue weighted by Crippen LogP contribution is -2.58. The van der Waals surface area contributed by atoms with Gasteiger partial charge in [-0.2, -0.15) is 0 Å². The average Bonchev–Trinajstić information content (AvgIpc) is 3.96. The Morgan fingerprint density at radius 1 is 0.946 bits per heavy atom. The monoisotopic (exact) mass is 824 g/mol. The molecule has 5 atom stereocenters. The van der Waals surface area contributed by atoms with Gasteiger partial charge in [0.05, 0.1) is 32.0 Å². The normalized spacial score (nSPS) is 28.0.